The lowest BCUT2D eigenvalue weighted by Crippen LogP contribution is -2.31. The van der Waals surface area contributed by atoms with Gasteiger partial charge in [0.2, 0.25) is 0 Å². The molecule has 0 spiro atoms. The molecule has 2 aromatic rings. The average molecular weight is 328 g/mol. The number of benzene rings is 1. The Kier molecular flexibility index (Phi) is 5.03. The molecule has 0 saturated heterocycles. The summed E-state index contributed by atoms with van der Waals surface area (Å²) in [6, 6.07) is 7.40. The van der Waals surface area contributed by atoms with Crippen molar-refractivity contribution >= 4 is 11.7 Å². The van der Waals surface area contributed by atoms with E-state index in [2.05, 4.69) is 10.3 Å². The molecule has 0 unspecified atom stereocenters. The number of rotatable bonds is 5. The summed E-state index contributed by atoms with van der Waals surface area (Å²) in [5.74, 6) is 1.70. The third-order valence-electron chi connectivity index (χ3n) is 4.36. The molecular formula is C18H24N4O2. The Morgan fingerprint density at radius 2 is 2.04 bits per heavy atom. The Balaban J connectivity index is 1.52. The van der Waals surface area contributed by atoms with Gasteiger partial charge in [-0.2, -0.15) is 0 Å². The maximum absolute atomic E-state index is 12.3. The fraction of sp³-hybridized carbons (Fsp3) is 0.444. The Bertz CT molecular complexity index is 675. The van der Waals surface area contributed by atoms with Crippen LogP contribution >= 0.6 is 0 Å². The number of aryl methyl sites for hydroxylation is 1. The summed E-state index contributed by atoms with van der Waals surface area (Å²) in [5, 5.41) is 2.89. The molecule has 1 heterocycles. The van der Waals surface area contributed by atoms with Crippen LogP contribution in [0.2, 0.25) is 0 Å². The SMILES string of the molecule is CN(Cc1nccn1C)C(=O)Nc1ccc(OC2CCCC2)cc1. The van der Waals surface area contributed by atoms with Crippen LogP contribution < -0.4 is 10.1 Å². The lowest BCUT2D eigenvalue weighted by Gasteiger charge is -2.18. The molecule has 0 radical (unpaired) electrons. The standard InChI is InChI=1S/C18H24N4O2/c1-21-12-11-19-17(21)13-22(2)18(23)20-14-7-9-16(10-8-14)24-15-5-3-4-6-15/h7-12,15H,3-6,13H2,1-2H3,(H,20,23). The van der Waals surface area contributed by atoms with Gasteiger partial charge < -0.3 is 19.5 Å². The second-order valence-electron chi connectivity index (χ2n) is 6.29. The van der Waals surface area contributed by atoms with E-state index in [1.807, 2.05) is 42.1 Å². The van der Waals surface area contributed by atoms with Gasteiger partial charge in [-0.15, -0.1) is 0 Å². The van der Waals surface area contributed by atoms with E-state index < -0.39 is 0 Å². The minimum Gasteiger partial charge on any atom is -0.490 e. The molecule has 128 valence electrons. The van der Waals surface area contributed by atoms with E-state index in [-0.39, 0.29) is 6.03 Å². The van der Waals surface area contributed by atoms with Gasteiger partial charge in [-0.05, 0) is 49.9 Å². The Hall–Kier alpha value is -2.50. The molecule has 0 aliphatic heterocycles. The van der Waals surface area contributed by atoms with Crippen LogP contribution in [-0.4, -0.2) is 33.6 Å². The zero-order valence-corrected chi connectivity index (χ0v) is 14.2. The molecule has 1 aromatic carbocycles. The number of ether oxygens (including phenoxy) is 1. The smallest absolute Gasteiger partial charge is 0.321 e. The maximum atomic E-state index is 12.3. The largest absolute Gasteiger partial charge is 0.490 e. The molecule has 24 heavy (non-hydrogen) atoms. The molecule has 1 aliphatic rings. The van der Waals surface area contributed by atoms with Crippen molar-refractivity contribution in [3.05, 3.63) is 42.5 Å². The molecule has 0 bridgehead atoms. The van der Waals surface area contributed by atoms with E-state index in [4.69, 9.17) is 4.74 Å². The molecule has 6 heteroatoms. The molecule has 1 N–H and O–H groups in total. The van der Waals surface area contributed by atoms with Gasteiger partial charge in [-0.25, -0.2) is 9.78 Å². The number of anilines is 1. The Morgan fingerprint density at radius 3 is 2.67 bits per heavy atom. The minimum atomic E-state index is -0.164. The lowest BCUT2D eigenvalue weighted by atomic mass is 10.3. The number of urea groups is 1. The molecule has 1 saturated carbocycles. The number of carbonyl (C=O) groups is 1. The van der Waals surface area contributed by atoms with Crippen LogP contribution in [0.1, 0.15) is 31.5 Å². The highest BCUT2D eigenvalue weighted by atomic mass is 16.5. The first-order chi connectivity index (χ1) is 11.6. The fourth-order valence-electron chi connectivity index (χ4n) is 2.87. The summed E-state index contributed by atoms with van der Waals surface area (Å²) in [6.07, 6.45) is 8.71. The molecule has 1 aromatic heterocycles. The van der Waals surface area contributed by atoms with Gasteiger partial charge in [-0.3, -0.25) is 0 Å². The van der Waals surface area contributed by atoms with E-state index in [0.29, 0.717) is 12.6 Å². The Labute approximate surface area is 142 Å². The number of nitrogens with zero attached hydrogens (tertiary/aromatic N) is 3. The van der Waals surface area contributed by atoms with E-state index in [0.717, 1.165) is 30.1 Å². The highest BCUT2D eigenvalue weighted by molar-refractivity contribution is 5.89. The summed E-state index contributed by atoms with van der Waals surface area (Å²) in [7, 11) is 3.67. The molecule has 0 atom stereocenters. The van der Waals surface area contributed by atoms with E-state index in [1.165, 1.54) is 12.8 Å². The predicted molar refractivity (Wildman–Crippen MR) is 93.0 cm³/mol. The third kappa shape index (κ3) is 4.07. The van der Waals surface area contributed by atoms with Crippen LogP contribution in [0.4, 0.5) is 10.5 Å². The van der Waals surface area contributed by atoms with Gasteiger partial charge in [0.15, 0.2) is 0 Å². The van der Waals surface area contributed by atoms with Crippen molar-refractivity contribution in [1.82, 2.24) is 14.5 Å². The number of nitrogens with one attached hydrogen (secondary N) is 1. The predicted octanol–water partition coefficient (Wildman–Crippen LogP) is 3.41. The van der Waals surface area contributed by atoms with Crippen LogP contribution in [0.25, 0.3) is 0 Å². The first-order valence-corrected chi connectivity index (χ1v) is 8.37. The average Bonchev–Trinajstić information content (AvgIpc) is 3.22. The minimum absolute atomic E-state index is 0.164. The van der Waals surface area contributed by atoms with Crippen LogP contribution in [0.3, 0.4) is 0 Å². The van der Waals surface area contributed by atoms with E-state index in [1.54, 1.807) is 18.1 Å². The normalized spacial score (nSPS) is 14.6. The maximum Gasteiger partial charge on any atom is 0.321 e. The Morgan fingerprint density at radius 1 is 1.33 bits per heavy atom. The fourth-order valence-corrected chi connectivity index (χ4v) is 2.87. The van der Waals surface area contributed by atoms with Crippen molar-refractivity contribution in [3.8, 4) is 5.75 Å². The summed E-state index contributed by atoms with van der Waals surface area (Å²) >= 11 is 0. The summed E-state index contributed by atoms with van der Waals surface area (Å²) in [6.45, 7) is 0.457. The van der Waals surface area contributed by atoms with Crippen molar-refractivity contribution in [3.63, 3.8) is 0 Å². The van der Waals surface area contributed by atoms with E-state index >= 15 is 0 Å². The summed E-state index contributed by atoms with van der Waals surface area (Å²) < 4.78 is 7.83. The molecule has 6 nitrogen and oxygen atoms in total. The summed E-state index contributed by atoms with van der Waals surface area (Å²) in [4.78, 5) is 18.1. The first-order valence-electron chi connectivity index (χ1n) is 8.37. The van der Waals surface area contributed by atoms with Crippen LogP contribution in [0.15, 0.2) is 36.7 Å². The molecule has 3 rings (SSSR count). The van der Waals surface area contributed by atoms with Gasteiger partial charge in [-0.1, -0.05) is 0 Å². The third-order valence-corrected chi connectivity index (χ3v) is 4.36. The number of aromatic nitrogens is 2. The summed E-state index contributed by atoms with van der Waals surface area (Å²) in [5.41, 5.74) is 0.755. The van der Waals surface area contributed by atoms with Gasteiger partial charge in [0, 0.05) is 32.2 Å². The molecule has 1 fully saturated rings. The van der Waals surface area contributed by atoms with Crippen LogP contribution in [-0.2, 0) is 13.6 Å². The van der Waals surface area contributed by atoms with Gasteiger partial charge >= 0.3 is 6.03 Å². The van der Waals surface area contributed by atoms with Crippen molar-refractivity contribution in [2.24, 2.45) is 7.05 Å². The van der Waals surface area contributed by atoms with Gasteiger partial charge in [0.25, 0.3) is 0 Å². The highest BCUT2D eigenvalue weighted by Gasteiger charge is 2.16. The lowest BCUT2D eigenvalue weighted by molar-refractivity contribution is 0.210. The van der Waals surface area contributed by atoms with Gasteiger partial charge in [0.1, 0.15) is 11.6 Å². The zero-order valence-electron chi connectivity index (χ0n) is 14.2. The zero-order chi connectivity index (χ0) is 16.9. The number of hydrogen-bond donors (Lipinski definition) is 1. The number of hydrogen-bond acceptors (Lipinski definition) is 3. The quantitative estimate of drug-likeness (QED) is 0.915. The second-order valence-corrected chi connectivity index (χ2v) is 6.29. The molecule has 1 aliphatic carbocycles. The number of imidazole rings is 1. The highest BCUT2D eigenvalue weighted by Crippen LogP contribution is 2.25. The van der Waals surface area contributed by atoms with Crippen molar-refractivity contribution in [2.75, 3.05) is 12.4 Å². The molecule has 2 amide bonds. The second kappa shape index (κ2) is 7.38. The molecular weight excluding hydrogens is 304 g/mol. The van der Waals surface area contributed by atoms with Crippen molar-refractivity contribution < 1.29 is 9.53 Å². The monoisotopic (exact) mass is 328 g/mol. The van der Waals surface area contributed by atoms with Crippen LogP contribution in [0.5, 0.6) is 5.75 Å². The number of amides is 2. The van der Waals surface area contributed by atoms with Crippen molar-refractivity contribution in [1.29, 1.82) is 0 Å². The van der Waals surface area contributed by atoms with Gasteiger partial charge in [0.05, 0.1) is 12.6 Å². The van der Waals surface area contributed by atoms with Crippen LogP contribution in [0, 0.1) is 0 Å². The van der Waals surface area contributed by atoms with Crippen molar-refractivity contribution in [2.45, 2.75) is 38.3 Å². The number of carbonyl (C=O) groups excluding carboxylic acids is 1. The first kappa shape index (κ1) is 16.4. The topological polar surface area (TPSA) is 59.4 Å². The van der Waals surface area contributed by atoms with E-state index in [9.17, 15) is 4.79 Å².